The Morgan fingerprint density at radius 1 is 1.25 bits per heavy atom. The molecule has 0 saturated carbocycles. The van der Waals surface area contributed by atoms with E-state index in [9.17, 15) is 14.9 Å². The number of nitro groups is 1. The number of benzene rings is 2. The monoisotopic (exact) mass is 273 g/mol. The van der Waals surface area contributed by atoms with E-state index in [1.165, 1.54) is 12.1 Å². The molecule has 2 aromatic rings. The SMILES string of the molecule is Cc1cccc(Oc2ccc(C(=O)O)cc2[N+](=O)[O-])c1. The lowest BCUT2D eigenvalue weighted by molar-refractivity contribution is -0.385. The van der Waals surface area contributed by atoms with E-state index in [0.717, 1.165) is 11.6 Å². The van der Waals surface area contributed by atoms with Crippen LogP contribution in [0.25, 0.3) is 0 Å². The van der Waals surface area contributed by atoms with Crippen LogP contribution in [-0.4, -0.2) is 16.0 Å². The number of hydrogen-bond donors (Lipinski definition) is 1. The number of carboxylic acid groups (broad SMARTS) is 1. The third-order valence-electron chi connectivity index (χ3n) is 2.62. The second-order valence-electron chi connectivity index (χ2n) is 4.16. The van der Waals surface area contributed by atoms with E-state index in [1.807, 2.05) is 13.0 Å². The van der Waals surface area contributed by atoms with Crippen LogP contribution in [0.2, 0.25) is 0 Å². The number of nitrogens with zero attached hydrogens (tertiary/aromatic N) is 1. The van der Waals surface area contributed by atoms with Crippen LogP contribution in [0.3, 0.4) is 0 Å². The Hall–Kier alpha value is -2.89. The van der Waals surface area contributed by atoms with Gasteiger partial charge in [0.2, 0.25) is 5.75 Å². The van der Waals surface area contributed by atoms with Crippen LogP contribution in [-0.2, 0) is 0 Å². The molecule has 0 atom stereocenters. The van der Waals surface area contributed by atoms with Gasteiger partial charge in [-0.1, -0.05) is 12.1 Å². The lowest BCUT2D eigenvalue weighted by Gasteiger charge is -2.07. The van der Waals surface area contributed by atoms with Gasteiger partial charge in [-0.25, -0.2) is 4.79 Å². The number of rotatable bonds is 4. The van der Waals surface area contributed by atoms with E-state index in [0.29, 0.717) is 5.75 Å². The van der Waals surface area contributed by atoms with E-state index < -0.39 is 10.9 Å². The Morgan fingerprint density at radius 3 is 2.60 bits per heavy atom. The topological polar surface area (TPSA) is 89.7 Å². The van der Waals surface area contributed by atoms with Crippen molar-refractivity contribution in [3.05, 3.63) is 63.7 Å². The highest BCUT2D eigenvalue weighted by molar-refractivity contribution is 5.88. The normalized spacial score (nSPS) is 10.1. The number of hydrogen-bond acceptors (Lipinski definition) is 4. The molecule has 0 amide bonds. The van der Waals surface area contributed by atoms with E-state index in [2.05, 4.69) is 0 Å². The van der Waals surface area contributed by atoms with E-state index in [1.54, 1.807) is 18.2 Å². The summed E-state index contributed by atoms with van der Waals surface area (Å²) in [6, 6.07) is 10.6. The molecular formula is C14H11NO5. The van der Waals surface area contributed by atoms with Gasteiger partial charge in [0.15, 0.2) is 0 Å². The fourth-order valence-electron chi connectivity index (χ4n) is 1.69. The number of carboxylic acids is 1. The molecule has 0 heterocycles. The van der Waals surface area contributed by atoms with Crippen LogP contribution in [0.4, 0.5) is 5.69 Å². The quantitative estimate of drug-likeness (QED) is 0.681. The molecule has 6 heteroatoms. The number of nitro benzene ring substituents is 1. The smallest absolute Gasteiger partial charge is 0.335 e. The lowest BCUT2D eigenvalue weighted by Crippen LogP contribution is -2.00. The molecule has 0 radical (unpaired) electrons. The zero-order valence-electron chi connectivity index (χ0n) is 10.6. The lowest BCUT2D eigenvalue weighted by atomic mass is 10.2. The molecule has 0 fully saturated rings. The van der Waals surface area contributed by atoms with Crippen LogP contribution < -0.4 is 4.74 Å². The van der Waals surface area contributed by atoms with Crippen molar-refractivity contribution in [2.24, 2.45) is 0 Å². The highest BCUT2D eigenvalue weighted by Gasteiger charge is 2.19. The molecule has 0 unspecified atom stereocenters. The molecule has 0 aromatic heterocycles. The first kappa shape index (κ1) is 13.5. The molecule has 2 rings (SSSR count). The van der Waals surface area contributed by atoms with E-state index in [4.69, 9.17) is 9.84 Å². The third kappa shape index (κ3) is 2.92. The highest BCUT2D eigenvalue weighted by atomic mass is 16.6. The van der Waals surface area contributed by atoms with Crippen LogP contribution in [0.1, 0.15) is 15.9 Å². The van der Waals surface area contributed by atoms with Crippen LogP contribution >= 0.6 is 0 Å². The second kappa shape index (κ2) is 5.40. The van der Waals surface area contributed by atoms with Gasteiger partial charge in [0.1, 0.15) is 5.75 Å². The van der Waals surface area contributed by atoms with Crippen molar-refractivity contribution in [3.8, 4) is 11.5 Å². The molecule has 2 aromatic carbocycles. The van der Waals surface area contributed by atoms with Gasteiger partial charge in [-0.05, 0) is 36.8 Å². The first-order valence-corrected chi connectivity index (χ1v) is 5.73. The van der Waals surface area contributed by atoms with Crippen LogP contribution in [0, 0.1) is 17.0 Å². The van der Waals surface area contributed by atoms with Gasteiger partial charge >= 0.3 is 11.7 Å². The van der Waals surface area contributed by atoms with Gasteiger partial charge in [0, 0.05) is 6.07 Å². The zero-order chi connectivity index (χ0) is 14.7. The van der Waals surface area contributed by atoms with Gasteiger partial charge in [-0.2, -0.15) is 0 Å². The summed E-state index contributed by atoms with van der Waals surface area (Å²) in [6.45, 7) is 1.87. The fraction of sp³-hybridized carbons (Fsp3) is 0.0714. The Kier molecular flexibility index (Phi) is 3.65. The maximum Gasteiger partial charge on any atom is 0.335 e. The van der Waals surface area contributed by atoms with Crippen LogP contribution in [0.15, 0.2) is 42.5 Å². The highest BCUT2D eigenvalue weighted by Crippen LogP contribution is 2.32. The van der Waals surface area contributed by atoms with Gasteiger partial charge in [0.05, 0.1) is 10.5 Å². The van der Waals surface area contributed by atoms with Gasteiger partial charge in [0.25, 0.3) is 0 Å². The van der Waals surface area contributed by atoms with Crippen molar-refractivity contribution in [2.45, 2.75) is 6.92 Å². The molecule has 0 bridgehead atoms. The molecule has 20 heavy (non-hydrogen) atoms. The minimum atomic E-state index is -1.23. The molecular weight excluding hydrogens is 262 g/mol. The van der Waals surface area contributed by atoms with Crippen molar-refractivity contribution in [3.63, 3.8) is 0 Å². The average molecular weight is 273 g/mol. The summed E-state index contributed by atoms with van der Waals surface area (Å²) in [5.41, 5.74) is 0.409. The summed E-state index contributed by atoms with van der Waals surface area (Å²) in [5.74, 6) is -0.767. The number of ether oxygens (including phenoxy) is 1. The largest absolute Gasteiger partial charge is 0.478 e. The van der Waals surface area contributed by atoms with Crippen molar-refractivity contribution in [2.75, 3.05) is 0 Å². The number of carbonyl (C=O) groups is 1. The van der Waals surface area contributed by atoms with Gasteiger partial charge in [-0.15, -0.1) is 0 Å². The molecule has 0 spiro atoms. The van der Waals surface area contributed by atoms with Crippen molar-refractivity contribution in [1.29, 1.82) is 0 Å². The molecule has 0 aliphatic rings. The summed E-state index contributed by atoms with van der Waals surface area (Å²) >= 11 is 0. The predicted molar refractivity (Wildman–Crippen MR) is 71.3 cm³/mol. The average Bonchev–Trinajstić information content (AvgIpc) is 2.38. The fourth-order valence-corrected chi connectivity index (χ4v) is 1.69. The molecule has 6 nitrogen and oxygen atoms in total. The van der Waals surface area contributed by atoms with Gasteiger partial charge in [-0.3, -0.25) is 10.1 Å². The van der Waals surface area contributed by atoms with E-state index in [-0.39, 0.29) is 17.0 Å². The molecule has 0 aliphatic carbocycles. The van der Waals surface area contributed by atoms with Crippen molar-refractivity contribution < 1.29 is 19.6 Å². The molecule has 0 saturated heterocycles. The Morgan fingerprint density at radius 2 is 2.00 bits per heavy atom. The molecule has 0 aliphatic heterocycles. The summed E-state index contributed by atoms with van der Waals surface area (Å²) < 4.78 is 5.45. The summed E-state index contributed by atoms with van der Waals surface area (Å²) in [6.07, 6.45) is 0. The van der Waals surface area contributed by atoms with Gasteiger partial charge < -0.3 is 9.84 Å². The zero-order valence-corrected chi connectivity index (χ0v) is 10.6. The number of aryl methyl sites for hydroxylation is 1. The maximum absolute atomic E-state index is 11.0. The first-order chi connectivity index (χ1) is 9.47. The standard InChI is InChI=1S/C14H11NO5/c1-9-3-2-4-11(7-9)20-13-6-5-10(14(16)17)8-12(13)15(18)19/h2-8H,1H3,(H,16,17). The van der Waals surface area contributed by atoms with Crippen LogP contribution in [0.5, 0.6) is 11.5 Å². The van der Waals surface area contributed by atoms with E-state index >= 15 is 0 Å². The Bertz CT molecular complexity index is 681. The number of aromatic carboxylic acids is 1. The summed E-state index contributed by atoms with van der Waals surface area (Å²) in [4.78, 5) is 21.1. The summed E-state index contributed by atoms with van der Waals surface area (Å²) in [5, 5.41) is 19.8. The van der Waals surface area contributed by atoms with Crippen molar-refractivity contribution >= 4 is 11.7 Å². The Balaban J connectivity index is 2.41. The molecule has 102 valence electrons. The predicted octanol–water partition coefficient (Wildman–Crippen LogP) is 3.39. The minimum Gasteiger partial charge on any atom is -0.478 e. The minimum absolute atomic E-state index is 0.00519. The molecule has 1 N–H and O–H groups in total. The summed E-state index contributed by atoms with van der Waals surface area (Å²) in [7, 11) is 0. The third-order valence-corrected chi connectivity index (χ3v) is 2.62. The van der Waals surface area contributed by atoms with Crippen molar-refractivity contribution in [1.82, 2.24) is 0 Å². The first-order valence-electron chi connectivity index (χ1n) is 5.73. The Labute approximate surface area is 114 Å². The maximum atomic E-state index is 11.0. The second-order valence-corrected chi connectivity index (χ2v) is 4.16.